The zero-order valence-electron chi connectivity index (χ0n) is 15.0. The van der Waals surface area contributed by atoms with Crippen LogP contribution in [-0.4, -0.2) is 39.8 Å². The molecule has 1 amide bonds. The maximum absolute atomic E-state index is 12.0. The summed E-state index contributed by atoms with van der Waals surface area (Å²) in [5, 5.41) is 22.7. The Hall–Kier alpha value is -2.91. The fourth-order valence-electron chi connectivity index (χ4n) is 2.19. The molecule has 7 nitrogen and oxygen atoms in total. The Morgan fingerprint density at radius 3 is 2.89 bits per heavy atom. The van der Waals surface area contributed by atoms with Crippen LogP contribution >= 0.6 is 23.1 Å². The molecule has 0 saturated heterocycles. The molecular weight excluding hydrogens is 396 g/mol. The van der Waals surface area contributed by atoms with Crippen LogP contribution in [0.2, 0.25) is 0 Å². The summed E-state index contributed by atoms with van der Waals surface area (Å²) in [5.41, 5.74) is 4.17. The van der Waals surface area contributed by atoms with E-state index in [1.54, 1.807) is 12.1 Å². The summed E-state index contributed by atoms with van der Waals surface area (Å²) in [6, 6.07) is 14.6. The maximum Gasteiger partial charge on any atom is 0.250 e. The minimum absolute atomic E-state index is 0.0614. The van der Waals surface area contributed by atoms with E-state index < -0.39 is 0 Å². The second-order valence-electron chi connectivity index (χ2n) is 5.48. The van der Waals surface area contributed by atoms with E-state index in [-0.39, 0.29) is 17.4 Å². The molecule has 0 bridgehead atoms. The maximum atomic E-state index is 12.0. The number of nitrogens with zero attached hydrogens (tertiary/aromatic N) is 3. The van der Waals surface area contributed by atoms with Crippen LogP contribution in [0.15, 0.2) is 58.0 Å². The number of hydrazone groups is 1. The third kappa shape index (κ3) is 5.54. The summed E-state index contributed by atoms with van der Waals surface area (Å²) in [7, 11) is 0. The van der Waals surface area contributed by atoms with Crippen LogP contribution in [0, 0.1) is 0 Å². The zero-order valence-corrected chi connectivity index (χ0v) is 16.7. The van der Waals surface area contributed by atoms with Gasteiger partial charge in [0.05, 0.1) is 18.6 Å². The van der Waals surface area contributed by atoms with Gasteiger partial charge in [-0.3, -0.25) is 4.79 Å². The average Bonchev–Trinajstić information content (AvgIpc) is 3.19. The summed E-state index contributed by atoms with van der Waals surface area (Å²) in [6.07, 6.45) is 1.49. The lowest BCUT2D eigenvalue weighted by Gasteiger charge is -2.05. The standard InChI is InChI=1S/C19H18N4O3S2/c1-2-26-16-10-13(8-9-15(16)24)11-20-21-17(25)12-27-19-23-22-18(28-19)14-6-4-3-5-7-14/h3-11,24H,2,12H2,1H3,(H,21,25). The van der Waals surface area contributed by atoms with Gasteiger partial charge in [0, 0.05) is 5.56 Å². The third-order valence-corrected chi connectivity index (χ3v) is 5.55. The number of hydrogen-bond donors (Lipinski definition) is 2. The number of hydrogen-bond acceptors (Lipinski definition) is 8. The summed E-state index contributed by atoms with van der Waals surface area (Å²) in [6.45, 7) is 2.28. The lowest BCUT2D eigenvalue weighted by Crippen LogP contribution is -2.19. The van der Waals surface area contributed by atoms with Crippen molar-refractivity contribution in [3.05, 3.63) is 54.1 Å². The molecule has 0 radical (unpaired) electrons. The molecule has 0 aliphatic carbocycles. The van der Waals surface area contributed by atoms with Gasteiger partial charge in [0.15, 0.2) is 15.8 Å². The lowest BCUT2D eigenvalue weighted by atomic mass is 10.2. The van der Waals surface area contributed by atoms with Crippen molar-refractivity contribution in [2.75, 3.05) is 12.4 Å². The first-order valence-electron chi connectivity index (χ1n) is 8.45. The highest BCUT2D eigenvalue weighted by molar-refractivity contribution is 8.01. The van der Waals surface area contributed by atoms with Crippen molar-refractivity contribution in [2.24, 2.45) is 5.10 Å². The first-order chi connectivity index (χ1) is 13.7. The quantitative estimate of drug-likeness (QED) is 0.332. The highest BCUT2D eigenvalue weighted by Crippen LogP contribution is 2.29. The van der Waals surface area contributed by atoms with E-state index in [0.717, 1.165) is 14.9 Å². The van der Waals surface area contributed by atoms with Gasteiger partial charge in [-0.25, -0.2) is 5.43 Å². The molecule has 0 fully saturated rings. The average molecular weight is 415 g/mol. The van der Waals surface area contributed by atoms with E-state index >= 15 is 0 Å². The molecule has 0 unspecified atom stereocenters. The van der Waals surface area contributed by atoms with Crippen molar-refractivity contribution in [2.45, 2.75) is 11.3 Å². The molecule has 1 heterocycles. The number of aromatic hydroxyl groups is 1. The molecule has 0 aliphatic heterocycles. The first-order valence-corrected chi connectivity index (χ1v) is 10.3. The number of phenols is 1. The van der Waals surface area contributed by atoms with Crippen LogP contribution < -0.4 is 10.2 Å². The van der Waals surface area contributed by atoms with Crippen LogP contribution in [0.4, 0.5) is 0 Å². The van der Waals surface area contributed by atoms with Crippen molar-refractivity contribution in [1.82, 2.24) is 15.6 Å². The van der Waals surface area contributed by atoms with Gasteiger partial charge in [0.1, 0.15) is 5.01 Å². The van der Waals surface area contributed by atoms with Crippen LogP contribution in [-0.2, 0) is 4.79 Å². The Morgan fingerprint density at radius 1 is 1.29 bits per heavy atom. The second-order valence-corrected chi connectivity index (χ2v) is 7.68. The first kappa shape index (κ1) is 19.8. The van der Waals surface area contributed by atoms with Crippen LogP contribution in [0.3, 0.4) is 0 Å². The van der Waals surface area contributed by atoms with Gasteiger partial charge in [-0.2, -0.15) is 5.10 Å². The SMILES string of the molecule is CCOc1cc(C=NNC(=O)CSc2nnc(-c3ccccc3)s2)ccc1O. The number of thioether (sulfide) groups is 1. The van der Waals surface area contributed by atoms with Crippen molar-refractivity contribution in [1.29, 1.82) is 0 Å². The van der Waals surface area contributed by atoms with E-state index in [2.05, 4.69) is 20.7 Å². The Kier molecular flexibility index (Phi) is 6.99. The van der Waals surface area contributed by atoms with Gasteiger partial charge in [0.25, 0.3) is 5.91 Å². The van der Waals surface area contributed by atoms with Crippen molar-refractivity contribution in [3.63, 3.8) is 0 Å². The number of phenolic OH excluding ortho intramolecular Hbond substituents is 1. The molecule has 0 saturated carbocycles. The Bertz CT molecular complexity index is 961. The van der Waals surface area contributed by atoms with Crippen LogP contribution in [0.25, 0.3) is 10.6 Å². The summed E-state index contributed by atoms with van der Waals surface area (Å²) in [5.74, 6) is 0.368. The number of carbonyl (C=O) groups excluding carboxylic acids is 1. The highest BCUT2D eigenvalue weighted by Gasteiger charge is 2.09. The van der Waals surface area contributed by atoms with Crippen LogP contribution in [0.5, 0.6) is 11.5 Å². The Balaban J connectivity index is 1.49. The third-order valence-electron chi connectivity index (χ3n) is 3.44. The zero-order chi connectivity index (χ0) is 19.8. The molecule has 0 aliphatic rings. The van der Waals surface area contributed by atoms with Gasteiger partial charge < -0.3 is 9.84 Å². The van der Waals surface area contributed by atoms with Gasteiger partial charge >= 0.3 is 0 Å². The van der Waals surface area contributed by atoms with E-state index in [1.807, 2.05) is 37.3 Å². The fraction of sp³-hybridized carbons (Fsp3) is 0.158. The Labute approximate surface area is 170 Å². The molecule has 3 aromatic rings. The number of nitrogens with one attached hydrogen (secondary N) is 1. The lowest BCUT2D eigenvalue weighted by molar-refractivity contribution is -0.118. The largest absolute Gasteiger partial charge is 0.504 e. The molecular formula is C19H18N4O3S2. The van der Waals surface area contributed by atoms with Gasteiger partial charge in [-0.1, -0.05) is 53.4 Å². The normalized spacial score (nSPS) is 10.9. The number of carbonyl (C=O) groups is 1. The topological polar surface area (TPSA) is 96.7 Å². The number of aromatic nitrogens is 2. The van der Waals surface area contributed by atoms with Gasteiger partial charge in [-0.05, 0) is 30.7 Å². The van der Waals surface area contributed by atoms with Gasteiger partial charge in [0.2, 0.25) is 0 Å². The van der Waals surface area contributed by atoms with E-state index in [4.69, 9.17) is 4.74 Å². The molecule has 28 heavy (non-hydrogen) atoms. The second kappa shape index (κ2) is 9.86. The molecule has 2 N–H and O–H groups in total. The summed E-state index contributed by atoms with van der Waals surface area (Å²) in [4.78, 5) is 12.0. The number of ether oxygens (including phenoxy) is 1. The predicted octanol–water partition coefficient (Wildman–Crippen LogP) is 3.55. The van der Waals surface area contributed by atoms with E-state index in [0.29, 0.717) is 17.9 Å². The molecule has 3 rings (SSSR count). The van der Waals surface area contributed by atoms with Gasteiger partial charge in [-0.15, -0.1) is 10.2 Å². The molecule has 2 aromatic carbocycles. The fourth-order valence-corrected chi connectivity index (χ4v) is 3.84. The molecule has 0 spiro atoms. The number of benzene rings is 2. The monoisotopic (exact) mass is 414 g/mol. The molecule has 9 heteroatoms. The summed E-state index contributed by atoms with van der Waals surface area (Å²) >= 11 is 2.75. The number of rotatable bonds is 8. The minimum atomic E-state index is -0.249. The molecule has 144 valence electrons. The predicted molar refractivity (Wildman–Crippen MR) is 111 cm³/mol. The van der Waals surface area contributed by atoms with Crippen molar-refractivity contribution in [3.8, 4) is 22.1 Å². The summed E-state index contributed by atoms with van der Waals surface area (Å²) < 4.78 is 6.03. The van der Waals surface area contributed by atoms with Crippen molar-refractivity contribution >= 4 is 35.2 Å². The highest BCUT2D eigenvalue weighted by atomic mass is 32.2. The van der Waals surface area contributed by atoms with E-state index in [1.165, 1.54) is 35.4 Å². The Morgan fingerprint density at radius 2 is 2.11 bits per heavy atom. The minimum Gasteiger partial charge on any atom is -0.504 e. The molecule has 1 aromatic heterocycles. The number of amides is 1. The van der Waals surface area contributed by atoms with Crippen molar-refractivity contribution < 1.29 is 14.6 Å². The smallest absolute Gasteiger partial charge is 0.250 e. The van der Waals surface area contributed by atoms with E-state index in [9.17, 15) is 9.90 Å². The molecule has 0 atom stereocenters. The van der Waals surface area contributed by atoms with Crippen LogP contribution in [0.1, 0.15) is 12.5 Å².